The third kappa shape index (κ3) is 4.98. The molecule has 4 rings (SSSR count). The van der Waals surface area contributed by atoms with Crippen molar-refractivity contribution in [3.8, 4) is 11.3 Å². The molecule has 0 unspecified atom stereocenters. The Morgan fingerprint density at radius 1 is 1.12 bits per heavy atom. The van der Waals surface area contributed by atoms with Gasteiger partial charge in [0.25, 0.3) is 0 Å². The molecule has 0 bridgehead atoms. The summed E-state index contributed by atoms with van der Waals surface area (Å²) in [4.78, 5) is 16.3. The molecule has 2 heterocycles. The van der Waals surface area contributed by atoms with Crippen LogP contribution in [0.5, 0.6) is 0 Å². The lowest BCUT2D eigenvalue weighted by molar-refractivity contribution is 0.0492. The summed E-state index contributed by atoms with van der Waals surface area (Å²) in [5, 5.41) is 10.7. The van der Waals surface area contributed by atoms with Crippen LogP contribution in [0.15, 0.2) is 36.7 Å². The van der Waals surface area contributed by atoms with Crippen molar-refractivity contribution in [3.63, 3.8) is 0 Å². The smallest absolute Gasteiger partial charge is 0.407 e. The monoisotopic (exact) mass is 443 g/mol. The van der Waals surface area contributed by atoms with Crippen molar-refractivity contribution >= 4 is 17.4 Å². The molecule has 2 N–H and O–H groups in total. The van der Waals surface area contributed by atoms with Crippen LogP contribution in [0.1, 0.15) is 46.5 Å². The summed E-state index contributed by atoms with van der Waals surface area (Å²) in [6.45, 7) is 5.50. The van der Waals surface area contributed by atoms with E-state index in [4.69, 9.17) is 4.74 Å². The molecule has 3 aromatic rings. The van der Waals surface area contributed by atoms with Gasteiger partial charge in [-0.3, -0.25) is 0 Å². The second kappa shape index (κ2) is 8.72. The number of amides is 1. The van der Waals surface area contributed by atoms with Gasteiger partial charge in [-0.1, -0.05) is 6.07 Å². The summed E-state index contributed by atoms with van der Waals surface area (Å²) in [5.41, 5.74) is 0.728. The first-order chi connectivity index (χ1) is 15.2. The number of halogens is 2. The van der Waals surface area contributed by atoms with Crippen molar-refractivity contribution in [2.45, 2.75) is 64.1 Å². The predicted octanol–water partition coefficient (Wildman–Crippen LogP) is 4.92. The highest BCUT2D eigenvalue weighted by Gasteiger charge is 2.25. The van der Waals surface area contributed by atoms with Gasteiger partial charge in [-0.25, -0.2) is 23.1 Å². The van der Waals surface area contributed by atoms with Crippen LogP contribution >= 0.6 is 0 Å². The lowest BCUT2D eigenvalue weighted by Crippen LogP contribution is -2.42. The minimum atomic E-state index is -0.670. The second-order valence-electron chi connectivity index (χ2n) is 9.07. The minimum absolute atomic E-state index is 0.0508. The maximum absolute atomic E-state index is 14.3. The molecule has 170 valence electrons. The highest BCUT2D eigenvalue weighted by molar-refractivity contribution is 5.74. The first-order valence-corrected chi connectivity index (χ1v) is 10.7. The molecule has 32 heavy (non-hydrogen) atoms. The number of alkyl carbamates (subject to hydrolysis) is 1. The Balaban J connectivity index is 1.47. The van der Waals surface area contributed by atoms with Gasteiger partial charge in [0.15, 0.2) is 5.65 Å². The molecule has 1 aromatic carbocycles. The Morgan fingerprint density at radius 2 is 1.78 bits per heavy atom. The maximum atomic E-state index is 14.3. The van der Waals surface area contributed by atoms with Crippen molar-refractivity contribution in [2.24, 2.45) is 0 Å². The maximum Gasteiger partial charge on any atom is 0.407 e. The number of carbonyl (C=O) groups is 1. The fourth-order valence-electron chi connectivity index (χ4n) is 3.96. The van der Waals surface area contributed by atoms with Crippen LogP contribution in [0.2, 0.25) is 0 Å². The fourth-order valence-corrected chi connectivity index (χ4v) is 3.96. The van der Waals surface area contributed by atoms with Crippen LogP contribution in [-0.2, 0) is 4.74 Å². The van der Waals surface area contributed by atoms with E-state index in [0.717, 1.165) is 25.7 Å². The van der Waals surface area contributed by atoms with Crippen molar-refractivity contribution in [1.29, 1.82) is 0 Å². The molecule has 1 aliphatic rings. The molecule has 0 saturated heterocycles. The number of anilines is 1. The number of benzene rings is 1. The molecule has 7 nitrogen and oxygen atoms in total. The molecule has 1 saturated carbocycles. The third-order valence-electron chi connectivity index (χ3n) is 5.39. The molecule has 1 amide bonds. The molecule has 0 radical (unpaired) electrons. The highest BCUT2D eigenvalue weighted by atomic mass is 19.1. The van der Waals surface area contributed by atoms with Gasteiger partial charge in [0, 0.05) is 24.5 Å². The summed E-state index contributed by atoms with van der Waals surface area (Å²) in [6.07, 6.45) is 6.06. The van der Waals surface area contributed by atoms with E-state index in [9.17, 15) is 13.6 Å². The Kier molecular flexibility index (Phi) is 5.99. The zero-order valence-electron chi connectivity index (χ0n) is 18.4. The summed E-state index contributed by atoms with van der Waals surface area (Å²) in [7, 11) is 0. The highest BCUT2D eigenvalue weighted by Crippen LogP contribution is 2.30. The first kappa shape index (κ1) is 22.0. The number of nitrogens with zero attached hydrogens (tertiary/aromatic N) is 3. The molecular formula is C23H27F2N5O2. The summed E-state index contributed by atoms with van der Waals surface area (Å²) >= 11 is 0. The van der Waals surface area contributed by atoms with Crippen LogP contribution in [0.25, 0.3) is 16.9 Å². The third-order valence-corrected chi connectivity index (χ3v) is 5.39. The molecule has 0 spiro atoms. The number of hydrogen-bond donors (Lipinski definition) is 2. The lowest BCUT2D eigenvalue weighted by atomic mass is 9.91. The normalized spacial score (nSPS) is 19.0. The van der Waals surface area contributed by atoms with E-state index >= 15 is 0 Å². The topological polar surface area (TPSA) is 80.5 Å². The standard InChI is InChI=1S/C23H27F2N5O2/c1-23(2,3)32-22(31)28-15-9-7-14(8-10-15)27-19-13-18(29-30-12-11-26-21(19)30)20-16(24)5-4-6-17(20)25/h4-6,11-15,27H,7-10H2,1-3H3,(H,28,31). The van der Waals surface area contributed by atoms with Gasteiger partial charge in [0.2, 0.25) is 0 Å². The summed E-state index contributed by atoms with van der Waals surface area (Å²) < 4.78 is 35.5. The Hall–Kier alpha value is -3.23. The van der Waals surface area contributed by atoms with Gasteiger partial charge in [-0.05, 0) is 64.7 Å². The Labute approximate surface area is 185 Å². The molecule has 9 heteroatoms. The van der Waals surface area contributed by atoms with Crippen molar-refractivity contribution in [3.05, 3.63) is 48.3 Å². The molecule has 1 aliphatic carbocycles. The molecular weight excluding hydrogens is 416 g/mol. The van der Waals surface area contributed by atoms with E-state index in [1.807, 2.05) is 20.8 Å². The number of hydrogen-bond acceptors (Lipinski definition) is 5. The van der Waals surface area contributed by atoms with Crippen LogP contribution < -0.4 is 10.6 Å². The van der Waals surface area contributed by atoms with E-state index in [1.165, 1.54) is 22.7 Å². The van der Waals surface area contributed by atoms with Crippen LogP contribution in [0.4, 0.5) is 19.3 Å². The van der Waals surface area contributed by atoms with Crippen LogP contribution in [-0.4, -0.2) is 38.4 Å². The van der Waals surface area contributed by atoms with Gasteiger partial charge in [0.05, 0.1) is 16.9 Å². The molecule has 0 aliphatic heterocycles. The van der Waals surface area contributed by atoms with E-state index in [0.29, 0.717) is 11.3 Å². The minimum Gasteiger partial charge on any atom is -0.444 e. The van der Waals surface area contributed by atoms with Crippen molar-refractivity contribution in [2.75, 3.05) is 5.32 Å². The predicted molar refractivity (Wildman–Crippen MR) is 117 cm³/mol. The zero-order chi connectivity index (χ0) is 22.9. The van der Waals surface area contributed by atoms with Gasteiger partial charge in [-0.15, -0.1) is 0 Å². The number of ether oxygens (including phenoxy) is 1. The molecule has 1 fully saturated rings. The Morgan fingerprint density at radius 3 is 2.44 bits per heavy atom. The van der Waals surface area contributed by atoms with E-state index < -0.39 is 23.3 Å². The SMILES string of the molecule is CC(C)(C)OC(=O)NC1CCC(Nc2cc(-c3c(F)cccc3F)nn3ccnc23)CC1. The number of aromatic nitrogens is 3. The van der Waals surface area contributed by atoms with Gasteiger partial charge in [-0.2, -0.15) is 5.10 Å². The second-order valence-corrected chi connectivity index (χ2v) is 9.07. The van der Waals surface area contributed by atoms with Gasteiger partial charge >= 0.3 is 6.09 Å². The number of nitrogens with one attached hydrogen (secondary N) is 2. The van der Waals surface area contributed by atoms with Crippen molar-refractivity contribution < 1.29 is 18.3 Å². The van der Waals surface area contributed by atoms with Crippen molar-refractivity contribution in [1.82, 2.24) is 19.9 Å². The van der Waals surface area contributed by atoms with Crippen LogP contribution in [0.3, 0.4) is 0 Å². The fraction of sp³-hybridized carbons (Fsp3) is 0.435. The Bertz CT molecular complexity index is 1100. The average molecular weight is 443 g/mol. The number of carbonyl (C=O) groups excluding carboxylic acids is 1. The van der Waals surface area contributed by atoms with E-state index in [1.54, 1.807) is 18.5 Å². The number of fused-ring (bicyclic) bond motifs is 1. The molecule has 2 aromatic heterocycles. The van der Waals surface area contributed by atoms with Crippen LogP contribution in [0, 0.1) is 11.6 Å². The zero-order valence-corrected chi connectivity index (χ0v) is 18.4. The average Bonchev–Trinajstić information content (AvgIpc) is 3.17. The van der Waals surface area contributed by atoms with E-state index in [2.05, 4.69) is 20.7 Å². The number of rotatable bonds is 4. The lowest BCUT2D eigenvalue weighted by Gasteiger charge is -2.31. The van der Waals surface area contributed by atoms with Gasteiger partial charge in [0.1, 0.15) is 17.2 Å². The first-order valence-electron chi connectivity index (χ1n) is 10.7. The molecule has 0 atom stereocenters. The largest absolute Gasteiger partial charge is 0.444 e. The summed E-state index contributed by atoms with van der Waals surface area (Å²) in [5.74, 6) is -1.34. The van der Waals surface area contributed by atoms with E-state index in [-0.39, 0.29) is 23.3 Å². The summed E-state index contributed by atoms with van der Waals surface area (Å²) in [6, 6.07) is 5.57. The quantitative estimate of drug-likeness (QED) is 0.598. The van der Waals surface area contributed by atoms with Gasteiger partial charge < -0.3 is 15.4 Å². The number of imidazole rings is 1.